The molecule has 2 aromatic rings. The van der Waals surface area contributed by atoms with Crippen LogP contribution in [0.3, 0.4) is 0 Å². The summed E-state index contributed by atoms with van der Waals surface area (Å²) in [6, 6.07) is 10.3. The van der Waals surface area contributed by atoms with E-state index < -0.39 is 0 Å². The van der Waals surface area contributed by atoms with Gasteiger partial charge in [0.05, 0.1) is 11.9 Å². The number of benzene rings is 1. The number of aryl methyl sites for hydroxylation is 1. The Labute approximate surface area is 104 Å². The van der Waals surface area contributed by atoms with Gasteiger partial charge in [-0.25, -0.2) is 0 Å². The molecule has 0 unspecified atom stereocenters. The van der Waals surface area contributed by atoms with Gasteiger partial charge in [-0.3, -0.25) is 4.98 Å². The second kappa shape index (κ2) is 5.12. The van der Waals surface area contributed by atoms with E-state index in [1.54, 1.807) is 6.20 Å². The first kappa shape index (κ1) is 11.1. The number of hydrogen-bond acceptors (Lipinski definition) is 2. The quantitative estimate of drug-likeness (QED) is 0.911. The van der Waals surface area contributed by atoms with Crippen molar-refractivity contribution in [3.8, 4) is 0 Å². The third kappa shape index (κ3) is 2.61. The zero-order valence-corrected chi connectivity index (χ0v) is 10.7. The Morgan fingerprint density at radius 3 is 2.81 bits per heavy atom. The minimum Gasteiger partial charge on any atom is -0.354 e. The van der Waals surface area contributed by atoms with E-state index >= 15 is 0 Å². The third-order valence-corrected chi connectivity index (χ3v) is 2.82. The number of halogens is 1. The van der Waals surface area contributed by atoms with Crippen molar-refractivity contribution in [3.63, 3.8) is 0 Å². The lowest BCUT2D eigenvalue weighted by molar-refractivity contribution is 1.14. The van der Waals surface area contributed by atoms with Crippen LogP contribution in [-0.4, -0.2) is 4.98 Å². The largest absolute Gasteiger partial charge is 0.354 e. The molecule has 0 saturated heterocycles. The molecule has 0 atom stereocenters. The standard InChI is InChI=1S/C13H13BrN2/c1-2-10-5-3-4-6-13(10)16-12-7-11(14)8-15-9-12/h3-9,16H,2H2,1H3. The Hall–Kier alpha value is -1.35. The van der Waals surface area contributed by atoms with Crippen molar-refractivity contribution in [2.45, 2.75) is 13.3 Å². The zero-order chi connectivity index (χ0) is 11.4. The van der Waals surface area contributed by atoms with Crippen LogP contribution in [0.15, 0.2) is 47.2 Å². The minimum absolute atomic E-state index is 0.978. The van der Waals surface area contributed by atoms with Crippen LogP contribution >= 0.6 is 15.9 Å². The lowest BCUT2D eigenvalue weighted by Gasteiger charge is -2.10. The first-order valence-corrected chi connectivity index (χ1v) is 6.04. The molecule has 3 heteroatoms. The van der Waals surface area contributed by atoms with Crippen LogP contribution in [-0.2, 0) is 6.42 Å². The van der Waals surface area contributed by atoms with Crippen LogP contribution < -0.4 is 5.32 Å². The molecule has 0 aliphatic carbocycles. The van der Waals surface area contributed by atoms with Crippen LogP contribution in [0.4, 0.5) is 11.4 Å². The third-order valence-electron chi connectivity index (χ3n) is 2.38. The van der Waals surface area contributed by atoms with E-state index in [1.165, 1.54) is 5.56 Å². The van der Waals surface area contributed by atoms with Crippen molar-refractivity contribution in [3.05, 3.63) is 52.8 Å². The molecule has 1 aromatic heterocycles. The number of aromatic nitrogens is 1. The van der Waals surface area contributed by atoms with Gasteiger partial charge in [-0.15, -0.1) is 0 Å². The first-order chi connectivity index (χ1) is 7.79. The van der Waals surface area contributed by atoms with Crippen LogP contribution in [0.5, 0.6) is 0 Å². The number of pyridine rings is 1. The highest BCUT2D eigenvalue weighted by atomic mass is 79.9. The topological polar surface area (TPSA) is 24.9 Å². The smallest absolute Gasteiger partial charge is 0.0582 e. The molecule has 0 saturated carbocycles. The summed E-state index contributed by atoms with van der Waals surface area (Å²) in [5.41, 5.74) is 3.45. The number of nitrogens with zero attached hydrogens (tertiary/aromatic N) is 1. The average molecular weight is 277 g/mol. The Kier molecular flexibility index (Phi) is 3.57. The van der Waals surface area contributed by atoms with Gasteiger partial charge in [0, 0.05) is 16.4 Å². The van der Waals surface area contributed by atoms with E-state index in [0.29, 0.717) is 0 Å². The Morgan fingerprint density at radius 1 is 1.25 bits per heavy atom. The molecular weight excluding hydrogens is 264 g/mol. The van der Waals surface area contributed by atoms with Gasteiger partial charge < -0.3 is 5.32 Å². The highest BCUT2D eigenvalue weighted by Gasteiger charge is 2.00. The van der Waals surface area contributed by atoms with Gasteiger partial charge in [-0.2, -0.15) is 0 Å². The molecule has 16 heavy (non-hydrogen) atoms. The molecule has 0 aliphatic heterocycles. The monoisotopic (exact) mass is 276 g/mol. The van der Waals surface area contributed by atoms with Crippen molar-refractivity contribution >= 4 is 27.3 Å². The van der Waals surface area contributed by atoms with E-state index in [1.807, 2.05) is 18.3 Å². The van der Waals surface area contributed by atoms with Crippen molar-refractivity contribution in [1.82, 2.24) is 4.98 Å². The van der Waals surface area contributed by atoms with Crippen molar-refractivity contribution < 1.29 is 0 Å². The number of nitrogens with one attached hydrogen (secondary N) is 1. The molecule has 0 radical (unpaired) electrons. The Morgan fingerprint density at radius 2 is 2.06 bits per heavy atom. The second-order valence-electron chi connectivity index (χ2n) is 3.53. The fourth-order valence-electron chi connectivity index (χ4n) is 1.59. The molecule has 82 valence electrons. The molecule has 1 aromatic carbocycles. The molecular formula is C13H13BrN2. The fourth-order valence-corrected chi connectivity index (χ4v) is 1.95. The molecule has 1 heterocycles. The lowest BCUT2D eigenvalue weighted by atomic mass is 10.1. The van der Waals surface area contributed by atoms with Gasteiger partial charge in [-0.05, 0) is 40.0 Å². The summed E-state index contributed by atoms with van der Waals surface area (Å²) in [6.07, 6.45) is 4.61. The molecule has 0 spiro atoms. The average Bonchev–Trinajstić information content (AvgIpc) is 2.30. The molecule has 0 fully saturated rings. The summed E-state index contributed by atoms with van der Waals surface area (Å²) >= 11 is 3.41. The van der Waals surface area contributed by atoms with Gasteiger partial charge >= 0.3 is 0 Å². The van der Waals surface area contributed by atoms with Crippen LogP contribution in [0.1, 0.15) is 12.5 Å². The molecule has 2 nitrogen and oxygen atoms in total. The Balaban J connectivity index is 2.26. The maximum absolute atomic E-state index is 4.13. The summed E-state index contributed by atoms with van der Waals surface area (Å²) < 4.78 is 0.978. The first-order valence-electron chi connectivity index (χ1n) is 5.25. The number of para-hydroxylation sites is 1. The van der Waals surface area contributed by atoms with Crippen molar-refractivity contribution in [1.29, 1.82) is 0 Å². The summed E-state index contributed by atoms with van der Waals surface area (Å²) in [6.45, 7) is 2.15. The maximum Gasteiger partial charge on any atom is 0.0582 e. The number of rotatable bonds is 3. The summed E-state index contributed by atoms with van der Waals surface area (Å²) in [5.74, 6) is 0. The van der Waals surface area contributed by atoms with E-state index in [0.717, 1.165) is 22.3 Å². The van der Waals surface area contributed by atoms with Gasteiger partial charge in [0.1, 0.15) is 0 Å². The molecule has 0 aliphatic rings. The highest BCUT2D eigenvalue weighted by molar-refractivity contribution is 9.10. The summed E-state index contributed by atoms with van der Waals surface area (Å²) in [4.78, 5) is 4.13. The number of hydrogen-bond donors (Lipinski definition) is 1. The predicted molar refractivity (Wildman–Crippen MR) is 71.0 cm³/mol. The van der Waals surface area contributed by atoms with Crippen molar-refractivity contribution in [2.75, 3.05) is 5.32 Å². The normalized spacial score (nSPS) is 10.1. The van der Waals surface area contributed by atoms with E-state index in [2.05, 4.69) is 51.4 Å². The molecule has 0 bridgehead atoms. The highest BCUT2D eigenvalue weighted by Crippen LogP contribution is 2.22. The van der Waals surface area contributed by atoms with Crippen LogP contribution in [0.25, 0.3) is 0 Å². The molecule has 0 amide bonds. The van der Waals surface area contributed by atoms with Gasteiger partial charge in [0.25, 0.3) is 0 Å². The van der Waals surface area contributed by atoms with Gasteiger partial charge in [0.2, 0.25) is 0 Å². The van der Waals surface area contributed by atoms with E-state index in [-0.39, 0.29) is 0 Å². The van der Waals surface area contributed by atoms with Gasteiger partial charge in [0.15, 0.2) is 0 Å². The predicted octanol–water partition coefficient (Wildman–Crippen LogP) is 4.15. The summed E-state index contributed by atoms with van der Waals surface area (Å²) in [7, 11) is 0. The van der Waals surface area contributed by atoms with Crippen molar-refractivity contribution in [2.24, 2.45) is 0 Å². The van der Waals surface area contributed by atoms with Crippen LogP contribution in [0, 0.1) is 0 Å². The van der Waals surface area contributed by atoms with E-state index in [9.17, 15) is 0 Å². The number of anilines is 2. The second-order valence-corrected chi connectivity index (χ2v) is 4.44. The maximum atomic E-state index is 4.13. The van der Waals surface area contributed by atoms with Gasteiger partial charge in [-0.1, -0.05) is 25.1 Å². The Bertz CT molecular complexity index is 483. The van der Waals surface area contributed by atoms with E-state index in [4.69, 9.17) is 0 Å². The zero-order valence-electron chi connectivity index (χ0n) is 9.07. The SMILES string of the molecule is CCc1ccccc1Nc1cncc(Br)c1. The molecule has 2 rings (SSSR count). The van der Waals surface area contributed by atoms with Crippen LogP contribution in [0.2, 0.25) is 0 Å². The fraction of sp³-hybridized carbons (Fsp3) is 0.154. The minimum atomic E-state index is 0.978. The summed E-state index contributed by atoms with van der Waals surface area (Å²) in [5, 5.41) is 3.37. The molecule has 1 N–H and O–H groups in total. The lowest BCUT2D eigenvalue weighted by Crippen LogP contribution is -1.95.